The van der Waals surface area contributed by atoms with Crippen molar-refractivity contribution in [1.29, 1.82) is 0 Å². The standard InChI is InChI=1S/C17H17F3N6O2S/c1-12-2-4-13(5-3-12)29(27,28)25-10-8-24(9-11-25)15-7-6-14-21-22-16(17(18,19)20)26(14)23-15/h2-7H,8-11H2,1H3. The van der Waals surface area contributed by atoms with Crippen LogP contribution in [0, 0.1) is 6.92 Å². The predicted molar refractivity (Wildman–Crippen MR) is 97.9 cm³/mol. The second kappa shape index (κ2) is 6.95. The molecule has 3 aromatic rings. The van der Waals surface area contributed by atoms with Crippen molar-refractivity contribution in [3.05, 3.63) is 47.8 Å². The van der Waals surface area contributed by atoms with Gasteiger partial charge in [-0.3, -0.25) is 0 Å². The molecule has 1 aliphatic heterocycles. The highest BCUT2D eigenvalue weighted by Crippen LogP contribution is 2.28. The quantitative estimate of drug-likeness (QED) is 0.637. The third-order valence-electron chi connectivity index (χ3n) is 4.72. The maximum atomic E-state index is 13.0. The summed E-state index contributed by atoms with van der Waals surface area (Å²) in [5.74, 6) is -0.898. The summed E-state index contributed by atoms with van der Waals surface area (Å²) in [6.45, 7) is 2.87. The van der Waals surface area contributed by atoms with Crippen LogP contribution in [0.3, 0.4) is 0 Å². The zero-order valence-electron chi connectivity index (χ0n) is 15.3. The van der Waals surface area contributed by atoms with E-state index in [1.165, 1.54) is 10.4 Å². The number of fused-ring (bicyclic) bond motifs is 1. The first-order valence-corrected chi connectivity index (χ1v) is 10.2. The summed E-state index contributed by atoms with van der Waals surface area (Å²) in [4.78, 5) is 1.95. The number of hydrogen-bond donors (Lipinski definition) is 0. The third kappa shape index (κ3) is 3.65. The number of aromatic nitrogens is 4. The molecule has 0 atom stereocenters. The van der Waals surface area contributed by atoms with Gasteiger partial charge < -0.3 is 4.90 Å². The van der Waals surface area contributed by atoms with E-state index >= 15 is 0 Å². The molecule has 0 N–H and O–H groups in total. The van der Waals surface area contributed by atoms with Gasteiger partial charge in [-0.1, -0.05) is 17.7 Å². The maximum absolute atomic E-state index is 13.0. The number of rotatable bonds is 3. The average molecular weight is 426 g/mol. The summed E-state index contributed by atoms with van der Waals surface area (Å²) in [5, 5.41) is 10.6. The number of piperazine rings is 1. The Bertz CT molecular complexity index is 1140. The highest BCUT2D eigenvalue weighted by Gasteiger charge is 2.38. The third-order valence-corrected chi connectivity index (χ3v) is 6.64. The molecule has 0 saturated carbocycles. The number of aryl methyl sites for hydroxylation is 1. The highest BCUT2D eigenvalue weighted by atomic mass is 32.2. The minimum Gasteiger partial charge on any atom is -0.353 e. The summed E-state index contributed by atoms with van der Waals surface area (Å²) < 4.78 is 66.7. The molecule has 1 fully saturated rings. The van der Waals surface area contributed by atoms with Crippen LogP contribution in [0.4, 0.5) is 19.0 Å². The Balaban J connectivity index is 1.53. The number of halogens is 3. The minimum absolute atomic E-state index is 0.0124. The van der Waals surface area contributed by atoms with E-state index in [4.69, 9.17) is 0 Å². The molecular weight excluding hydrogens is 409 g/mol. The van der Waals surface area contributed by atoms with Gasteiger partial charge in [0.25, 0.3) is 5.82 Å². The first-order chi connectivity index (χ1) is 13.7. The Morgan fingerprint density at radius 2 is 1.59 bits per heavy atom. The lowest BCUT2D eigenvalue weighted by atomic mass is 10.2. The molecule has 0 bridgehead atoms. The van der Waals surface area contributed by atoms with Crippen molar-refractivity contribution in [3.63, 3.8) is 0 Å². The molecule has 1 aromatic carbocycles. The molecule has 154 valence electrons. The van der Waals surface area contributed by atoms with E-state index < -0.39 is 22.0 Å². The van der Waals surface area contributed by atoms with Gasteiger partial charge in [0, 0.05) is 26.2 Å². The first kappa shape index (κ1) is 19.6. The van der Waals surface area contributed by atoms with Crippen LogP contribution in [0.5, 0.6) is 0 Å². The van der Waals surface area contributed by atoms with Crippen molar-refractivity contribution >= 4 is 21.5 Å². The number of alkyl halides is 3. The fourth-order valence-corrected chi connectivity index (χ4v) is 4.56. The van der Waals surface area contributed by atoms with Crippen LogP contribution in [-0.2, 0) is 16.2 Å². The summed E-state index contributed by atoms with van der Waals surface area (Å²) in [5.41, 5.74) is 0.948. The van der Waals surface area contributed by atoms with Crippen molar-refractivity contribution < 1.29 is 21.6 Å². The van der Waals surface area contributed by atoms with Gasteiger partial charge in [0.15, 0.2) is 5.65 Å². The Hall–Kier alpha value is -2.73. The molecular formula is C17H17F3N6O2S. The van der Waals surface area contributed by atoms with Crippen molar-refractivity contribution in [2.45, 2.75) is 18.0 Å². The van der Waals surface area contributed by atoms with Gasteiger partial charge in [-0.05, 0) is 31.2 Å². The van der Waals surface area contributed by atoms with Crippen molar-refractivity contribution in [2.24, 2.45) is 0 Å². The highest BCUT2D eigenvalue weighted by molar-refractivity contribution is 7.89. The van der Waals surface area contributed by atoms with E-state index in [0.717, 1.165) is 5.56 Å². The summed E-state index contributed by atoms with van der Waals surface area (Å²) in [7, 11) is -3.62. The van der Waals surface area contributed by atoms with Crippen LogP contribution < -0.4 is 4.90 Å². The largest absolute Gasteiger partial charge is 0.453 e. The lowest BCUT2D eigenvalue weighted by molar-refractivity contribution is -0.146. The Morgan fingerprint density at radius 1 is 0.931 bits per heavy atom. The predicted octanol–water partition coefficient (Wildman–Crippen LogP) is 1.96. The van der Waals surface area contributed by atoms with E-state index in [1.54, 1.807) is 35.2 Å². The fourth-order valence-electron chi connectivity index (χ4n) is 3.14. The van der Waals surface area contributed by atoms with Gasteiger partial charge in [-0.25, -0.2) is 8.42 Å². The smallest absolute Gasteiger partial charge is 0.353 e. The van der Waals surface area contributed by atoms with Gasteiger partial charge in [0.05, 0.1) is 4.90 Å². The van der Waals surface area contributed by atoms with E-state index in [0.29, 0.717) is 23.4 Å². The number of anilines is 1. The average Bonchev–Trinajstić information content (AvgIpc) is 3.12. The minimum atomic E-state index is -4.67. The van der Waals surface area contributed by atoms with Gasteiger partial charge >= 0.3 is 6.18 Å². The molecule has 4 rings (SSSR count). The summed E-state index contributed by atoms with van der Waals surface area (Å²) >= 11 is 0. The van der Waals surface area contributed by atoms with E-state index in [2.05, 4.69) is 15.3 Å². The van der Waals surface area contributed by atoms with Gasteiger partial charge in [0.1, 0.15) is 5.82 Å². The molecule has 8 nitrogen and oxygen atoms in total. The molecule has 0 aliphatic carbocycles. The SMILES string of the molecule is Cc1ccc(S(=O)(=O)N2CCN(c3ccc4nnc(C(F)(F)F)n4n3)CC2)cc1. The molecule has 0 amide bonds. The van der Waals surface area contributed by atoms with Crippen molar-refractivity contribution in [1.82, 2.24) is 24.1 Å². The Labute approximate surface area is 164 Å². The Kier molecular flexibility index (Phi) is 4.69. The van der Waals surface area contributed by atoms with Crippen LogP contribution in [0.2, 0.25) is 0 Å². The van der Waals surface area contributed by atoms with Crippen molar-refractivity contribution in [3.8, 4) is 0 Å². The zero-order valence-corrected chi connectivity index (χ0v) is 16.2. The van der Waals surface area contributed by atoms with Crippen LogP contribution in [0.1, 0.15) is 11.4 Å². The molecule has 0 radical (unpaired) electrons. The molecule has 29 heavy (non-hydrogen) atoms. The lowest BCUT2D eigenvalue weighted by Gasteiger charge is -2.34. The molecule has 12 heteroatoms. The normalized spacial score (nSPS) is 16.5. The summed E-state index contributed by atoms with van der Waals surface area (Å²) in [6, 6.07) is 9.56. The van der Waals surface area contributed by atoms with Crippen LogP contribution in [0.25, 0.3) is 5.65 Å². The number of benzene rings is 1. The molecule has 1 saturated heterocycles. The maximum Gasteiger partial charge on any atom is 0.453 e. The van der Waals surface area contributed by atoms with E-state index in [9.17, 15) is 21.6 Å². The second-order valence-corrected chi connectivity index (χ2v) is 8.63. The molecule has 0 spiro atoms. The van der Waals surface area contributed by atoms with E-state index in [-0.39, 0.29) is 23.6 Å². The molecule has 3 heterocycles. The van der Waals surface area contributed by atoms with Crippen LogP contribution in [0.15, 0.2) is 41.3 Å². The van der Waals surface area contributed by atoms with Crippen LogP contribution in [-0.4, -0.2) is 58.7 Å². The zero-order chi connectivity index (χ0) is 20.8. The monoisotopic (exact) mass is 426 g/mol. The second-order valence-electron chi connectivity index (χ2n) is 6.69. The molecule has 0 unspecified atom stereocenters. The van der Waals surface area contributed by atoms with Gasteiger partial charge in [-0.15, -0.1) is 15.3 Å². The van der Waals surface area contributed by atoms with Gasteiger partial charge in [-0.2, -0.15) is 22.0 Å². The van der Waals surface area contributed by atoms with Crippen LogP contribution >= 0.6 is 0 Å². The fraction of sp³-hybridized carbons (Fsp3) is 0.353. The summed E-state index contributed by atoms with van der Waals surface area (Å²) in [6.07, 6.45) is -4.67. The Morgan fingerprint density at radius 3 is 2.21 bits per heavy atom. The molecule has 1 aliphatic rings. The lowest BCUT2D eigenvalue weighted by Crippen LogP contribution is -2.49. The van der Waals surface area contributed by atoms with Crippen molar-refractivity contribution in [2.75, 3.05) is 31.1 Å². The number of nitrogens with zero attached hydrogens (tertiary/aromatic N) is 6. The van der Waals surface area contributed by atoms with E-state index in [1.807, 2.05) is 6.92 Å². The van der Waals surface area contributed by atoms with Gasteiger partial charge in [0.2, 0.25) is 10.0 Å². The first-order valence-electron chi connectivity index (χ1n) is 8.78. The number of sulfonamides is 1. The molecule has 2 aromatic heterocycles. The topological polar surface area (TPSA) is 83.7 Å². The number of hydrogen-bond acceptors (Lipinski definition) is 6.